The first kappa shape index (κ1) is 29.7. The van der Waals surface area contributed by atoms with Crippen LogP contribution >= 0.6 is 0 Å². The number of hydrogen-bond acceptors (Lipinski definition) is 7. The molecule has 0 aliphatic carbocycles. The number of carbonyl (C=O) groups excluding carboxylic acids is 3. The van der Waals surface area contributed by atoms with Crippen LogP contribution in [-0.2, 0) is 23.9 Å². The molecule has 1 spiro atoms. The molecule has 4 fully saturated rings. The molecule has 2 unspecified atom stereocenters. The molecule has 10 nitrogen and oxygen atoms in total. The molecule has 4 aliphatic rings. The smallest absolute Gasteiger partial charge is 0.248 e. The fourth-order valence-electron chi connectivity index (χ4n) is 6.95. The monoisotopic (exact) mass is 546 g/mol. The van der Waals surface area contributed by atoms with Crippen LogP contribution in [0.1, 0.15) is 38.5 Å². The van der Waals surface area contributed by atoms with E-state index in [0.717, 1.165) is 38.9 Å². The van der Waals surface area contributed by atoms with Gasteiger partial charge in [-0.15, -0.1) is 13.2 Å². The maximum atomic E-state index is 14.4. The van der Waals surface area contributed by atoms with Crippen LogP contribution in [0.2, 0.25) is 0 Å². The highest BCUT2D eigenvalue weighted by molar-refractivity contribution is 5.99. The third kappa shape index (κ3) is 5.94. The van der Waals surface area contributed by atoms with Gasteiger partial charge in [-0.1, -0.05) is 25.0 Å². The zero-order chi connectivity index (χ0) is 28.0. The van der Waals surface area contributed by atoms with Gasteiger partial charge in [-0.2, -0.15) is 0 Å². The van der Waals surface area contributed by atoms with Gasteiger partial charge in [0.05, 0.1) is 31.2 Å². The van der Waals surface area contributed by atoms with Crippen LogP contribution in [0.15, 0.2) is 25.3 Å². The first-order valence-electron chi connectivity index (χ1n) is 14.5. The van der Waals surface area contributed by atoms with Crippen LogP contribution < -0.4 is 0 Å². The number of fused-ring (bicyclic) bond motifs is 1. The summed E-state index contributed by atoms with van der Waals surface area (Å²) in [6, 6.07) is -0.759. The molecular weight excluding hydrogens is 500 g/mol. The molecular formula is C29H46N4O6. The molecule has 0 saturated carbocycles. The van der Waals surface area contributed by atoms with Gasteiger partial charge >= 0.3 is 0 Å². The first-order valence-corrected chi connectivity index (χ1v) is 14.5. The molecule has 2 bridgehead atoms. The minimum absolute atomic E-state index is 0.119. The van der Waals surface area contributed by atoms with Crippen LogP contribution in [0.5, 0.6) is 0 Å². The highest BCUT2D eigenvalue weighted by Crippen LogP contribution is 2.58. The molecule has 39 heavy (non-hydrogen) atoms. The summed E-state index contributed by atoms with van der Waals surface area (Å²) in [6.07, 6.45) is 7.44. The zero-order valence-electron chi connectivity index (χ0n) is 23.5. The zero-order valence-corrected chi connectivity index (χ0v) is 23.5. The van der Waals surface area contributed by atoms with Crippen molar-refractivity contribution in [3.63, 3.8) is 0 Å². The van der Waals surface area contributed by atoms with Gasteiger partial charge in [-0.25, -0.2) is 0 Å². The van der Waals surface area contributed by atoms with Crippen molar-refractivity contribution in [2.75, 3.05) is 72.7 Å². The number of morpholine rings is 1. The topological polar surface area (TPSA) is 103 Å². The maximum absolute atomic E-state index is 14.4. The molecule has 4 saturated heterocycles. The Balaban J connectivity index is 1.59. The van der Waals surface area contributed by atoms with Crippen LogP contribution in [0, 0.1) is 11.8 Å². The lowest BCUT2D eigenvalue weighted by atomic mass is 9.70. The summed E-state index contributed by atoms with van der Waals surface area (Å²) >= 11 is 0. The molecule has 4 aliphatic heterocycles. The van der Waals surface area contributed by atoms with Gasteiger partial charge in [0.2, 0.25) is 17.7 Å². The molecule has 3 amide bonds. The van der Waals surface area contributed by atoms with E-state index in [2.05, 4.69) is 18.1 Å². The fourth-order valence-corrected chi connectivity index (χ4v) is 6.95. The third-order valence-electron chi connectivity index (χ3n) is 8.86. The summed E-state index contributed by atoms with van der Waals surface area (Å²) in [5, 5.41) is 9.14. The largest absolute Gasteiger partial charge is 0.396 e. The van der Waals surface area contributed by atoms with Gasteiger partial charge < -0.3 is 29.3 Å². The van der Waals surface area contributed by atoms with E-state index in [1.54, 1.807) is 33.9 Å². The van der Waals surface area contributed by atoms with E-state index in [1.807, 2.05) is 0 Å². The maximum Gasteiger partial charge on any atom is 0.248 e. The second-order valence-corrected chi connectivity index (χ2v) is 11.3. The van der Waals surface area contributed by atoms with Crippen molar-refractivity contribution in [2.45, 2.75) is 56.3 Å². The van der Waals surface area contributed by atoms with Crippen molar-refractivity contribution in [3.05, 3.63) is 25.3 Å². The van der Waals surface area contributed by atoms with Crippen LogP contribution in [0.25, 0.3) is 0 Å². The van der Waals surface area contributed by atoms with Crippen LogP contribution in [0.3, 0.4) is 0 Å². The summed E-state index contributed by atoms with van der Waals surface area (Å²) in [4.78, 5) is 49.4. The molecule has 0 aromatic rings. The van der Waals surface area contributed by atoms with Crippen molar-refractivity contribution in [3.8, 4) is 0 Å². The number of carbonyl (C=O) groups is 3. The lowest BCUT2D eigenvalue weighted by Gasteiger charge is -2.37. The van der Waals surface area contributed by atoms with E-state index >= 15 is 0 Å². The fraction of sp³-hybridized carbons (Fsp3) is 0.759. The van der Waals surface area contributed by atoms with E-state index in [0.29, 0.717) is 58.7 Å². The van der Waals surface area contributed by atoms with Gasteiger partial charge in [0.1, 0.15) is 11.6 Å². The van der Waals surface area contributed by atoms with Gasteiger partial charge in [0.15, 0.2) is 0 Å². The lowest BCUT2D eigenvalue weighted by molar-refractivity contribution is -0.148. The first-order chi connectivity index (χ1) is 18.9. The van der Waals surface area contributed by atoms with Gasteiger partial charge in [0, 0.05) is 59.5 Å². The van der Waals surface area contributed by atoms with Gasteiger partial charge in [-0.3, -0.25) is 19.3 Å². The normalized spacial score (nSPS) is 29.9. The molecule has 5 atom stereocenters. The highest BCUT2D eigenvalue weighted by atomic mass is 16.5. The predicted molar refractivity (Wildman–Crippen MR) is 147 cm³/mol. The molecule has 0 aromatic carbocycles. The number of hydrogen-bond donors (Lipinski definition) is 1. The molecule has 10 heteroatoms. The molecule has 0 aromatic heterocycles. The summed E-state index contributed by atoms with van der Waals surface area (Å²) < 4.78 is 12.0. The number of aliphatic hydroxyl groups is 1. The van der Waals surface area contributed by atoms with Crippen LogP contribution in [0.4, 0.5) is 0 Å². The van der Waals surface area contributed by atoms with Crippen molar-refractivity contribution >= 4 is 17.7 Å². The number of aliphatic hydroxyl groups excluding tert-OH is 1. The summed E-state index contributed by atoms with van der Waals surface area (Å²) in [6.45, 7) is 13.3. The number of unbranched alkanes of at least 4 members (excludes halogenated alkanes) is 3. The average Bonchev–Trinajstić information content (AvgIpc) is 3.58. The Hall–Kier alpha value is -2.27. The van der Waals surface area contributed by atoms with E-state index in [4.69, 9.17) is 14.6 Å². The van der Waals surface area contributed by atoms with E-state index in [1.165, 1.54) is 0 Å². The highest BCUT2D eigenvalue weighted by Gasteiger charge is 2.74. The molecule has 1 N–H and O–H groups in total. The molecule has 0 radical (unpaired) electrons. The van der Waals surface area contributed by atoms with Gasteiger partial charge in [0.25, 0.3) is 0 Å². The Labute approximate surface area is 232 Å². The number of nitrogens with zero attached hydrogens (tertiary/aromatic N) is 4. The second-order valence-electron chi connectivity index (χ2n) is 11.3. The van der Waals surface area contributed by atoms with Crippen molar-refractivity contribution < 1.29 is 29.0 Å². The van der Waals surface area contributed by atoms with Crippen molar-refractivity contribution in [2.24, 2.45) is 11.8 Å². The molecule has 4 rings (SSSR count). The third-order valence-corrected chi connectivity index (χ3v) is 8.86. The average molecular weight is 547 g/mol. The Morgan fingerprint density at radius 3 is 2.49 bits per heavy atom. The number of likely N-dealkylation sites (N-methyl/N-ethyl adjacent to an activating group) is 1. The number of likely N-dealkylation sites (tertiary alicyclic amines) is 1. The lowest BCUT2D eigenvalue weighted by Crippen LogP contribution is -2.57. The Morgan fingerprint density at radius 2 is 1.79 bits per heavy atom. The minimum Gasteiger partial charge on any atom is -0.396 e. The number of ether oxygens (including phenoxy) is 2. The van der Waals surface area contributed by atoms with E-state index in [-0.39, 0.29) is 30.4 Å². The van der Waals surface area contributed by atoms with Crippen molar-refractivity contribution in [1.29, 1.82) is 0 Å². The number of amides is 3. The Bertz CT molecular complexity index is 908. The number of rotatable bonds is 15. The molecule has 218 valence electrons. The molecule has 4 heterocycles. The van der Waals surface area contributed by atoms with E-state index in [9.17, 15) is 14.4 Å². The van der Waals surface area contributed by atoms with Crippen LogP contribution in [-0.4, -0.2) is 133 Å². The quantitative estimate of drug-likeness (QED) is 0.241. The van der Waals surface area contributed by atoms with E-state index < -0.39 is 23.5 Å². The van der Waals surface area contributed by atoms with Gasteiger partial charge in [-0.05, 0) is 25.7 Å². The summed E-state index contributed by atoms with van der Waals surface area (Å²) in [5.41, 5.74) is -0.988. The standard InChI is InChI=1S/C29H46N4O6/c1-4-12-30(3)26(35)23-22-10-11-29(39-22)24(23)27(36)33(14-8-6-7-9-19-34)25(29)28(37)32(13-5-2)16-15-31-17-20-38-21-18-31/h4-5,22-25,34H,1-2,6-21H2,3H3/t22-,23+,24-,25?,29?/m0/s1. The Kier molecular flexibility index (Phi) is 10.2. The SMILES string of the molecule is C=CCN(C)C(=O)[C@@H]1[C@@H]2CCC3(O2)C(C(=O)N(CC=C)CCN2CCOCC2)N(CCCCCCO)C(=O)[C@H]13. The minimum atomic E-state index is -0.988. The van der Waals surface area contributed by atoms with Crippen molar-refractivity contribution in [1.82, 2.24) is 19.6 Å². The predicted octanol–water partition coefficient (Wildman–Crippen LogP) is 0.905. The second kappa shape index (κ2) is 13.4. The summed E-state index contributed by atoms with van der Waals surface area (Å²) in [5.74, 6) is -1.64. The summed E-state index contributed by atoms with van der Waals surface area (Å²) in [7, 11) is 1.72. The Morgan fingerprint density at radius 1 is 1.08 bits per heavy atom.